The number of rotatable bonds is 34. The lowest BCUT2D eigenvalue weighted by Crippen LogP contribution is -2.37. The molecule has 0 rings (SSSR count). The predicted octanol–water partition coefficient (Wildman–Crippen LogP) is 9.39. The van der Waals surface area contributed by atoms with Crippen LogP contribution in [0.1, 0.15) is 174 Å². The Morgan fingerprint density at radius 1 is 0.571 bits per heavy atom. The Hall–Kier alpha value is -1.34. The lowest BCUT2D eigenvalue weighted by atomic mass is 10.1. The van der Waals surface area contributed by atoms with E-state index in [0.29, 0.717) is 19.8 Å². The van der Waals surface area contributed by atoms with Gasteiger partial charge in [0.2, 0.25) is 5.91 Å². The zero-order chi connectivity index (χ0) is 30.8. The summed E-state index contributed by atoms with van der Waals surface area (Å²) < 4.78 is 16.7. The van der Waals surface area contributed by atoms with Gasteiger partial charge in [-0.25, -0.2) is 4.79 Å². The minimum Gasteiger partial charge on any atom is -0.449 e. The van der Waals surface area contributed by atoms with Crippen molar-refractivity contribution in [2.24, 2.45) is 5.73 Å². The number of primary amides is 1. The lowest BCUT2D eigenvalue weighted by molar-refractivity contribution is -0.122. The average Bonchev–Trinajstić information content (AvgIpc) is 2.97. The highest BCUT2D eigenvalue weighted by atomic mass is 16.5. The zero-order valence-electron chi connectivity index (χ0n) is 27.9. The van der Waals surface area contributed by atoms with Crippen LogP contribution in [0.5, 0.6) is 0 Å². The van der Waals surface area contributed by atoms with Crippen LogP contribution in [0.3, 0.4) is 0 Å². The highest BCUT2D eigenvalue weighted by Crippen LogP contribution is 2.13. The third-order valence-electron chi connectivity index (χ3n) is 7.90. The van der Waals surface area contributed by atoms with E-state index in [4.69, 9.17) is 15.2 Å². The van der Waals surface area contributed by atoms with Crippen molar-refractivity contribution >= 4 is 12.0 Å². The molecule has 0 saturated heterocycles. The molecule has 3 N–H and O–H groups in total. The summed E-state index contributed by atoms with van der Waals surface area (Å²) in [5.41, 5.74) is 4.96. The minimum atomic E-state index is -0.863. The molecule has 0 aliphatic carbocycles. The van der Waals surface area contributed by atoms with Crippen LogP contribution in [0.4, 0.5) is 4.79 Å². The predicted molar refractivity (Wildman–Crippen MR) is 176 cm³/mol. The average molecular weight is 599 g/mol. The largest absolute Gasteiger partial charge is 0.449 e. The maximum absolute atomic E-state index is 12.1. The Balaban J connectivity index is 3.94. The van der Waals surface area contributed by atoms with Crippen molar-refractivity contribution in [1.82, 2.24) is 5.32 Å². The number of hydrogen-bond acceptors (Lipinski definition) is 5. The van der Waals surface area contributed by atoms with E-state index in [1.807, 2.05) is 0 Å². The Bertz CT molecular complexity index is 576. The van der Waals surface area contributed by atoms with Gasteiger partial charge in [-0.15, -0.1) is 0 Å². The van der Waals surface area contributed by atoms with Gasteiger partial charge < -0.3 is 25.3 Å². The van der Waals surface area contributed by atoms with Crippen molar-refractivity contribution in [2.75, 3.05) is 33.0 Å². The number of carbonyl (C=O) groups excluding carboxylic acids is 2. The summed E-state index contributed by atoms with van der Waals surface area (Å²) >= 11 is 0. The van der Waals surface area contributed by atoms with Gasteiger partial charge in [-0.2, -0.15) is 0 Å². The second-order valence-corrected chi connectivity index (χ2v) is 12.1. The molecule has 0 saturated carbocycles. The van der Waals surface area contributed by atoms with Crippen molar-refractivity contribution in [1.29, 1.82) is 0 Å². The van der Waals surface area contributed by atoms with E-state index in [-0.39, 0.29) is 25.0 Å². The Kier molecular flexibility index (Phi) is 33.1. The number of hydrogen-bond donors (Lipinski definition) is 2. The first kappa shape index (κ1) is 40.7. The smallest absolute Gasteiger partial charge is 0.404 e. The van der Waals surface area contributed by atoms with Crippen molar-refractivity contribution in [3.8, 4) is 0 Å². The Morgan fingerprint density at radius 2 is 0.976 bits per heavy atom. The van der Waals surface area contributed by atoms with Crippen LogP contribution in [0.25, 0.3) is 0 Å². The highest BCUT2D eigenvalue weighted by Gasteiger charge is 2.12. The summed E-state index contributed by atoms with van der Waals surface area (Å²) in [6.45, 7) is 6.82. The number of nitrogens with two attached hydrogens (primary N) is 1. The van der Waals surface area contributed by atoms with E-state index in [2.05, 4.69) is 23.9 Å². The fourth-order valence-corrected chi connectivity index (χ4v) is 5.18. The second-order valence-electron chi connectivity index (χ2n) is 12.1. The summed E-state index contributed by atoms with van der Waals surface area (Å²) in [5.74, 6) is -0.184. The van der Waals surface area contributed by atoms with Crippen LogP contribution in [0.2, 0.25) is 0 Å². The first-order valence-corrected chi connectivity index (χ1v) is 18.0. The number of carbonyl (C=O) groups is 2. The molecule has 7 heteroatoms. The van der Waals surface area contributed by atoms with Crippen LogP contribution in [0.15, 0.2) is 0 Å². The third kappa shape index (κ3) is 33.2. The van der Waals surface area contributed by atoms with Crippen molar-refractivity contribution < 1.29 is 23.8 Å². The lowest BCUT2D eigenvalue weighted by Gasteiger charge is -2.19. The van der Waals surface area contributed by atoms with Crippen LogP contribution >= 0.6 is 0 Å². The van der Waals surface area contributed by atoms with E-state index in [1.165, 1.54) is 141 Å². The van der Waals surface area contributed by atoms with Gasteiger partial charge in [0.25, 0.3) is 0 Å². The Morgan fingerprint density at radius 3 is 1.40 bits per heavy atom. The van der Waals surface area contributed by atoms with E-state index in [1.54, 1.807) is 0 Å². The normalized spacial score (nSPS) is 12.0. The van der Waals surface area contributed by atoms with Crippen molar-refractivity contribution in [2.45, 2.75) is 180 Å². The molecular weight excluding hydrogens is 528 g/mol. The van der Waals surface area contributed by atoms with Crippen LogP contribution in [-0.2, 0) is 19.0 Å². The van der Waals surface area contributed by atoms with Crippen molar-refractivity contribution in [3.05, 3.63) is 0 Å². The number of ether oxygens (including phenoxy) is 3. The first-order valence-electron chi connectivity index (χ1n) is 18.0. The molecule has 2 amide bonds. The molecule has 0 radical (unpaired) electrons. The molecule has 0 aliphatic heterocycles. The van der Waals surface area contributed by atoms with Gasteiger partial charge >= 0.3 is 6.09 Å². The van der Waals surface area contributed by atoms with Crippen LogP contribution < -0.4 is 11.1 Å². The summed E-state index contributed by atoms with van der Waals surface area (Å²) in [7, 11) is 0. The van der Waals surface area contributed by atoms with Gasteiger partial charge in [-0.1, -0.05) is 155 Å². The van der Waals surface area contributed by atoms with Gasteiger partial charge in [0.1, 0.15) is 6.61 Å². The molecule has 42 heavy (non-hydrogen) atoms. The second kappa shape index (κ2) is 34.2. The molecular formula is C35H70N2O5. The summed E-state index contributed by atoms with van der Waals surface area (Å²) in [6, 6.07) is 0. The van der Waals surface area contributed by atoms with Crippen LogP contribution in [0, 0.1) is 0 Å². The van der Waals surface area contributed by atoms with Gasteiger partial charge in [-0.3, -0.25) is 4.79 Å². The van der Waals surface area contributed by atoms with E-state index in [0.717, 1.165) is 19.4 Å². The fourth-order valence-electron chi connectivity index (χ4n) is 5.18. The van der Waals surface area contributed by atoms with Gasteiger partial charge in [0.15, 0.2) is 0 Å². The quantitative estimate of drug-likeness (QED) is 0.0719. The molecule has 0 fully saturated rings. The highest BCUT2D eigenvalue weighted by molar-refractivity contribution is 5.76. The molecule has 0 bridgehead atoms. The molecule has 1 atom stereocenters. The summed E-state index contributed by atoms with van der Waals surface area (Å²) in [4.78, 5) is 22.8. The third-order valence-corrected chi connectivity index (χ3v) is 7.90. The number of nitrogens with one attached hydrogen (secondary N) is 1. The summed E-state index contributed by atoms with van der Waals surface area (Å²) in [6.07, 6.45) is 30.7. The van der Waals surface area contributed by atoms with Gasteiger partial charge in [0, 0.05) is 19.8 Å². The fraction of sp³-hybridized carbons (Fsp3) is 0.943. The standard InChI is InChI=1S/C35H70N2O5/c1-3-5-7-9-11-13-15-17-19-21-23-25-28-40-32-33(31-37-34(38)27-30-42-35(36)39)41-29-26-24-22-20-18-16-14-12-10-8-6-4-2/h33H,3-32H2,1-2H3,(H2,36,39)(H,37,38). The summed E-state index contributed by atoms with van der Waals surface area (Å²) in [5, 5.41) is 2.88. The van der Waals surface area contributed by atoms with Crippen molar-refractivity contribution in [3.63, 3.8) is 0 Å². The zero-order valence-corrected chi connectivity index (χ0v) is 27.9. The molecule has 0 aromatic carbocycles. The molecule has 0 aromatic heterocycles. The van der Waals surface area contributed by atoms with Gasteiger partial charge in [-0.05, 0) is 12.8 Å². The molecule has 0 heterocycles. The topological polar surface area (TPSA) is 99.9 Å². The molecule has 1 unspecified atom stereocenters. The molecule has 0 spiro atoms. The molecule has 250 valence electrons. The van der Waals surface area contributed by atoms with Gasteiger partial charge in [0.05, 0.1) is 19.1 Å². The van der Waals surface area contributed by atoms with E-state index < -0.39 is 6.09 Å². The SMILES string of the molecule is CCCCCCCCCCCCCCOCC(CNC(=O)CCOC(N)=O)OCCCCCCCCCCCCCC. The molecule has 7 nitrogen and oxygen atoms in total. The first-order chi connectivity index (χ1) is 20.6. The van der Waals surface area contributed by atoms with E-state index >= 15 is 0 Å². The maximum atomic E-state index is 12.1. The van der Waals surface area contributed by atoms with E-state index in [9.17, 15) is 9.59 Å². The minimum absolute atomic E-state index is 0.0129. The monoisotopic (exact) mass is 599 g/mol. The Labute approximate surface area is 260 Å². The maximum Gasteiger partial charge on any atom is 0.404 e. The number of amides is 2. The van der Waals surface area contributed by atoms with Crippen LogP contribution in [-0.4, -0.2) is 51.1 Å². The molecule has 0 aliphatic rings. The number of unbranched alkanes of at least 4 members (excludes halogenated alkanes) is 22. The molecule has 0 aromatic rings.